The number of hydrogen-bond acceptors (Lipinski definition) is 3. The van der Waals surface area contributed by atoms with Gasteiger partial charge in [0.2, 0.25) is 0 Å². The molecule has 0 bridgehead atoms. The molecule has 2 heterocycles. The monoisotopic (exact) mass is 250 g/mol. The molecule has 1 N–H and O–H groups in total. The first-order chi connectivity index (χ1) is 8.70. The van der Waals surface area contributed by atoms with Gasteiger partial charge in [-0.05, 0) is 18.9 Å². The fourth-order valence-electron chi connectivity index (χ4n) is 2.59. The minimum Gasteiger partial charge on any atom is -0.311 e. The molecule has 0 saturated carbocycles. The van der Waals surface area contributed by atoms with Crippen LogP contribution in [0, 0.1) is 5.92 Å². The Morgan fingerprint density at radius 2 is 2.28 bits per heavy atom. The summed E-state index contributed by atoms with van der Waals surface area (Å²) in [5, 5.41) is 7.95. The second-order valence-electron chi connectivity index (χ2n) is 5.51. The lowest BCUT2D eigenvalue weighted by Crippen LogP contribution is -2.57. The molecule has 0 aliphatic carbocycles. The van der Waals surface area contributed by atoms with Crippen LogP contribution in [0.1, 0.15) is 27.2 Å². The molecule has 0 radical (unpaired) electrons. The third-order valence-corrected chi connectivity index (χ3v) is 4.24. The van der Waals surface area contributed by atoms with Crippen molar-refractivity contribution in [1.82, 2.24) is 20.0 Å². The van der Waals surface area contributed by atoms with E-state index in [1.54, 1.807) is 0 Å². The lowest BCUT2D eigenvalue weighted by atomic mass is 9.96. The third-order valence-electron chi connectivity index (χ3n) is 4.24. The summed E-state index contributed by atoms with van der Waals surface area (Å²) >= 11 is 0. The van der Waals surface area contributed by atoms with Crippen molar-refractivity contribution in [1.29, 1.82) is 0 Å². The summed E-state index contributed by atoms with van der Waals surface area (Å²) in [7, 11) is 0. The molecule has 4 nitrogen and oxygen atoms in total. The zero-order valence-corrected chi connectivity index (χ0v) is 11.8. The Kier molecular flexibility index (Phi) is 4.78. The molecule has 1 aliphatic heterocycles. The van der Waals surface area contributed by atoms with Crippen molar-refractivity contribution in [3.63, 3.8) is 0 Å². The van der Waals surface area contributed by atoms with Gasteiger partial charge < -0.3 is 5.32 Å². The third kappa shape index (κ3) is 3.33. The fraction of sp³-hybridized carbons (Fsp3) is 0.786. The highest BCUT2D eigenvalue weighted by molar-refractivity contribution is 4.86. The van der Waals surface area contributed by atoms with Crippen molar-refractivity contribution in [2.45, 2.75) is 45.8 Å². The summed E-state index contributed by atoms with van der Waals surface area (Å²) in [4.78, 5) is 2.59. The highest BCUT2D eigenvalue weighted by atomic mass is 15.3. The molecule has 1 aliphatic rings. The van der Waals surface area contributed by atoms with Gasteiger partial charge in [0.05, 0.1) is 6.54 Å². The molecular formula is C14H26N4. The van der Waals surface area contributed by atoms with Gasteiger partial charge in [-0.25, -0.2) is 0 Å². The maximum Gasteiger partial charge on any atom is 0.0536 e. The molecule has 1 aromatic heterocycles. The standard InChI is InChI=1S/C14H26N4/c1-4-12(2)14-11-17(13(3)10-15-14)8-9-18-7-5-6-16-18/h5-7,12-15H,4,8-11H2,1-3H3. The highest BCUT2D eigenvalue weighted by Gasteiger charge is 2.27. The number of nitrogens with zero attached hydrogens (tertiary/aromatic N) is 3. The van der Waals surface area contributed by atoms with E-state index in [1.165, 1.54) is 6.42 Å². The first-order valence-corrected chi connectivity index (χ1v) is 7.15. The molecule has 4 heteroatoms. The molecule has 0 spiro atoms. The van der Waals surface area contributed by atoms with Crippen molar-refractivity contribution in [3.05, 3.63) is 18.5 Å². The van der Waals surface area contributed by atoms with Crippen LogP contribution in [0.3, 0.4) is 0 Å². The van der Waals surface area contributed by atoms with Crippen molar-refractivity contribution in [2.75, 3.05) is 19.6 Å². The van der Waals surface area contributed by atoms with Gasteiger partial charge in [-0.15, -0.1) is 0 Å². The van der Waals surface area contributed by atoms with E-state index in [9.17, 15) is 0 Å². The first-order valence-electron chi connectivity index (χ1n) is 7.15. The van der Waals surface area contributed by atoms with E-state index in [0.717, 1.165) is 32.1 Å². The molecule has 2 rings (SSSR count). The number of piperazine rings is 1. The van der Waals surface area contributed by atoms with E-state index in [-0.39, 0.29) is 0 Å². The van der Waals surface area contributed by atoms with Crippen LogP contribution >= 0.6 is 0 Å². The quantitative estimate of drug-likeness (QED) is 0.861. The highest BCUT2D eigenvalue weighted by Crippen LogP contribution is 2.15. The zero-order valence-electron chi connectivity index (χ0n) is 11.8. The van der Waals surface area contributed by atoms with Crippen molar-refractivity contribution in [2.24, 2.45) is 5.92 Å². The Bertz CT molecular complexity index is 336. The second-order valence-corrected chi connectivity index (χ2v) is 5.51. The molecule has 3 atom stereocenters. The van der Waals surface area contributed by atoms with Gasteiger partial charge in [-0.1, -0.05) is 20.3 Å². The van der Waals surface area contributed by atoms with Gasteiger partial charge >= 0.3 is 0 Å². The lowest BCUT2D eigenvalue weighted by Gasteiger charge is -2.41. The van der Waals surface area contributed by atoms with E-state index in [2.05, 4.69) is 36.1 Å². The minimum atomic E-state index is 0.626. The Labute approximate surface area is 110 Å². The summed E-state index contributed by atoms with van der Waals surface area (Å²) in [5.41, 5.74) is 0. The maximum atomic E-state index is 4.27. The normalized spacial score (nSPS) is 27.3. The number of rotatable bonds is 5. The van der Waals surface area contributed by atoms with Gasteiger partial charge in [0.15, 0.2) is 0 Å². The van der Waals surface area contributed by atoms with Crippen LogP contribution in [0.4, 0.5) is 0 Å². The van der Waals surface area contributed by atoms with Crippen LogP contribution < -0.4 is 5.32 Å². The second kappa shape index (κ2) is 6.34. The van der Waals surface area contributed by atoms with E-state index in [0.29, 0.717) is 12.1 Å². The fourth-order valence-corrected chi connectivity index (χ4v) is 2.59. The van der Waals surface area contributed by atoms with E-state index in [1.807, 2.05) is 23.1 Å². The van der Waals surface area contributed by atoms with E-state index >= 15 is 0 Å². The summed E-state index contributed by atoms with van der Waals surface area (Å²) in [6.07, 6.45) is 5.14. The number of aromatic nitrogens is 2. The largest absolute Gasteiger partial charge is 0.311 e. The van der Waals surface area contributed by atoms with Gasteiger partial charge in [-0.3, -0.25) is 9.58 Å². The van der Waals surface area contributed by atoms with Crippen molar-refractivity contribution >= 4 is 0 Å². The van der Waals surface area contributed by atoms with Gasteiger partial charge in [-0.2, -0.15) is 5.10 Å². The van der Waals surface area contributed by atoms with Crippen LogP contribution in [0.15, 0.2) is 18.5 Å². The topological polar surface area (TPSA) is 33.1 Å². The Hall–Kier alpha value is -0.870. The molecule has 1 fully saturated rings. The van der Waals surface area contributed by atoms with Gasteiger partial charge in [0.25, 0.3) is 0 Å². The minimum absolute atomic E-state index is 0.626. The number of hydrogen-bond donors (Lipinski definition) is 1. The van der Waals surface area contributed by atoms with Crippen LogP contribution in [-0.2, 0) is 6.54 Å². The van der Waals surface area contributed by atoms with Crippen LogP contribution in [0.25, 0.3) is 0 Å². The van der Waals surface area contributed by atoms with Crippen LogP contribution in [0.2, 0.25) is 0 Å². The molecule has 1 aromatic rings. The van der Waals surface area contributed by atoms with Crippen molar-refractivity contribution in [3.8, 4) is 0 Å². The van der Waals surface area contributed by atoms with E-state index in [4.69, 9.17) is 0 Å². The average molecular weight is 250 g/mol. The molecule has 3 unspecified atom stereocenters. The van der Waals surface area contributed by atoms with Gasteiger partial charge in [0.1, 0.15) is 0 Å². The van der Waals surface area contributed by atoms with E-state index < -0.39 is 0 Å². The van der Waals surface area contributed by atoms with Gasteiger partial charge in [0, 0.05) is 44.1 Å². The molecular weight excluding hydrogens is 224 g/mol. The van der Waals surface area contributed by atoms with Crippen LogP contribution in [0.5, 0.6) is 0 Å². The van der Waals surface area contributed by atoms with Crippen molar-refractivity contribution < 1.29 is 0 Å². The number of nitrogens with one attached hydrogen (secondary N) is 1. The zero-order chi connectivity index (χ0) is 13.0. The Morgan fingerprint density at radius 3 is 2.94 bits per heavy atom. The summed E-state index contributed by atoms with van der Waals surface area (Å²) < 4.78 is 2.02. The predicted octanol–water partition coefficient (Wildman–Crippen LogP) is 1.59. The summed E-state index contributed by atoms with van der Waals surface area (Å²) in [5.74, 6) is 0.754. The first kappa shape index (κ1) is 13.6. The predicted molar refractivity (Wildman–Crippen MR) is 74.5 cm³/mol. The molecule has 1 saturated heterocycles. The summed E-state index contributed by atoms with van der Waals surface area (Å²) in [6.45, 7) is 11.3. The maximum absolute atomic E-state index is 4.27. The molecule has 0 aromatic carbocycles. The molecule has 102 valence electrons. The SMILES string of the molecule is CCC(C)C1CN(CCn2cccn2)C(C)CN1. The smallest absolute Gasteiger partial charge is 0.0536 e. The molecule has 18 heavy (non-hydrogen) atoms. The van der Waals surface area contributed by atoms with Crippen LogP contribution in [-0.4, -0.2) is 46.4 Å². The Morgan fingerprint density at radius 1 is 1.44 bits per heavy atom. The summed E-state index contributed by atoms with van der Waals surface area (Å²) in [6, 6.07) is 3.26. The average Bonchev–Trinajstić information content (AvgIpc) is 2.90. The Balaban J connectivity index is 1.85. The lowest BCUT2D eigenvalue weighted by molar-refractivity contribution is 0.113. The molecule has 0 amide bonds.